The Morgan fingerprint density at radius 3 is 2.42 bits per heavy atom. The topological polar surface area (TPSA) is 29.1 Å². The van der Waals surface area contributed by atoms with Crippen LogP contribution >= 0.6 is 0 Å². The molecule has 0 saturated carbocycles. The minimum absolute atomic E-state index is 0.0792. The molecule has 0 atom stereocenters. The van der Waals surface area contributed by atoms with Crippen LogP contribution in [0.2, 0.25) is 0 Å². The van der Waals surface area contributed by atoms with Gasteiger partial charge in [0, 0.05) is 12.6 Å². The van der Waals surface area contributed by atoms with Crippen LogP contribution in [0.3, 0.4) is 0 Å². The molecule has 2 nitrogen and oxygen atoms in total. The van der Waals surface area contributed by atoms with Crippen LogP contribution < -0.4 is 5.32 Å². The van der Waals surface area contributed by atoms with Crippen molar-refractivity contribution in [2.45, 2.75) is 13.5 Å². The lowest BCUT2D eigenvalue weighted by molar-refractivity contribution is -0.116. The fourth-order valence-electron chi connectivity index (χ4n) is 1.69. The number of amides is 1. The Morgan fingerprint density at radius 2 is 1.74 bits per heavy atom. The first kappa shape index (κ1) is 13.1. The molecule has 1 amide bonds. The van der Waals surface area contributed by atoms with Crippen molar-refractivity contribution < 1.29 is 4.79 Å². The van der Waals surface area contributed by atoms with Crippen LogP contribution in [0.4, 0.5) is 0 Å². The van der Waals surface area contributed by atoms with Gasteiger partial charge in [-0.05, 0) is 24.1 Å². The van der Waals surface area contributed by atoms with Gasteiger partial charge in [0.2, 0.25) is 5.91 Å². The largest absolute Gasteiger partial charge is 0.348 e. The molecule has 2 aromatic rings. The molecule has 2 aromatic carbocycles. The maximum absolute atomic E-state index is 11.7. The van der Waals surface area contributed by atoms with Crippen molar-refractivity contribution in [1.29, 1.82) is 0 Å². The fourth-order valence-corrected chi connectivity index (χ4v) is 1.69. The van der Waals surface area contributed by atoms with Crippen molar-refractivity contribution >= 4 is 12.0 Å². The monoisotopic (exact) mass is 251 g/mol. The van der Waals surface area contributed by atoms with E-state index in [1.54, 1.807) is 6.08 Å². The van der Waals surface area contributed by atoms with Crippen molar-refractivity contribution in [3.63, 3.8) is 0 Å². The van der Waals surface area contributed by atoms with Gasteiger partial charge in [0.1, 0.15) is 0 Å². The van der Waals surface area contributed by atoms with Gasteiger partial charge in [0.15, 0.2) is 0 Å². The minimum Gasteiger partial charge on any atom is -0.348 e. The summed E-state index contributed by atoms with van der Waals surface area (Å²) in [5.74, 6) is -0.0792. The number of rotatable bonds is 4. The highest BCUT2D eigenvalue weighted by atomic mass is 16.1. The lowest BCUT2D eigenvalue weighted by atomic mass is 10.1. The molecule has 0 fully saturated rings. The van der Waals surface area contributed by atoms with E-state index >= 15 is 0 Å². The minimum atomic E-state index is -0.0792. The Hall–Kier alpha value is -2.35. The van der Waals surface area contributed by atoms with Gasteiger partial charge in [-0.15, -0.1) is 0 Å². The van der Waals surface area contributed by atoms with Gasteiger partial charge >= 0.3 is 0 Å². The normalized spacial score (nSPS) is 10.6. The zero-order valence-electron chi connectivity index (χ0n) is 11.0. The summed E-state index contributed by atoms with van der Waals surface area (Å²) in [5, 5.41) is 2.86. The molecule has 0 saturated heterocycles. The Morgan fingerprint density at radius 1 is 1.05 bits per heavy atom. The summed E-state index contributed by atoms with van der Waals surface area (Å²) in [6.07, 6.45) is 3.37. The number of carbonyl (C=O) groups excluding carboxylic acids is 1. The van der Waals surface area contributed by atoms with E-state index in [9.17, 15) is 4.79 Å². The van der Waals surface area contributed by atoms with Gasteiger partial charge in [0.25, 0.3) is 0 Å². The summed E-state index contributed by atoms with van der Waals surface area (Å²) in [6, 6.07) is 17.9. The SMILES string of the molecule is Cc1ccc(CNC(=O)/C=C/c2ccccc2)cc1. The predicted molar refractivity (Wildman–Crippen MR) is 78.5 cm³/mol. The second-order valence-electron chi connectivity index (χ2n) is 4.45. The number of hydrogen-bond donors (Lipinski definition) is 1. The third-order valence-corrected chi connectivity index (χ3v) is 2.81. The molecule has 1 N–H and O–H groups in total. The average molecular weight is 251 g/mol. The first-order valence-electron chi connectivity index (χ1n) is 6.30. The second-order valence-corrected chi connectivity index (χ2v) is 4.45. The molecule has 0 unspecified atom stereocenters. The Balaban J connectivity index is 1.85. The van der Waals surface area contributed by atoms with E-state index < -0.39 is 0 Å². The highest BCUT2D eigenvalue weighted by Crippen LogP contribution is 2.03. The summed E-state index contributed by atoms with van der Waals surface area (Å²) in [6.45, 7) is 2.60. The van der Waals surface area contributed by atoms with Crippen LogP contribution in [0.5, 0.6) is 0 Å². The van der Waals surface area contributed by atoms with Crippen molar-refractivity contribution in [2.75, 3.05) is 0 Å². The molecular weight excluding hydrogens is 234 g/mol. The number of carbonyl (C=O) groups is 1. The molecular formula is C17H17NO. The maximum atomic E-state index is 11.7. The maximum Gasteiger partial charge on any atom is 0.244 e. The Kier molecular flexibility index (Phi) is 4.51. The average Bonchev–Trinajstić information content (AvgIpc) is 2.45. The van der Waals surface area contributed by atoms with Crippen LogP contribution in [0, 0.1) is 6.92 Å². The first-order chi connectivity index (χ1) is 9.24. The van der Waals surface area contributed by atoms with Crippen molar-refractivity contribution in [3.8, 4) is 0 Å². The quantitative estimate of drug-likeness (QED) is 0.830. The summed E-state index contributed by atoms with van der Waals surface area (Å²) in [4.78, 5) is 11.7. The van der Waals surface area contributed by atoms with Crippen LogP contribution in [-0.2, 0) is 11.3 Å². The lowest BCUT2D eigenvalue weighted by Crippen LogP contribution is -2.20. The third-order valence-electron chi connectivity index (χ3n) is 2.81. The molecule has 0 heterocycles. The van der Waals surface area contributed by atoms with E-state index in [2.05, 4.69) is 5.32 Å². The summed E-state index contributed by atoms with van der Waals surface area (Å²) >= 11 is 0. The molecule has 19 heavy (non-hydrogen) atoms. The number of nitrogens with one attached hydrogen (secondary N) is 1. The second kappa shape index (κ2) is 6.55. The summed E-state index contributed by atoms with van der Waals surface area (Å²) in [7, 11) is 0. The van der Waals surface area contributed by atoms with Gasteiger partial charge in [-0.3, -0.25) is 4.79 Å². The molecule has 2 rings (SSSR count). The molecule has 0 bridgehead atoms. The van der Waals surface area contributed by atoms with Gasteiger partial charge in [-0.1, -0.05) is 60.2 Å². The molecule has 0 radical (unpaired) electrons. The van der Waals surface area contributed by atoms with Gasteiger partial charge < -0.3 is 5.32 Å². The van der Waals surface area contributed by atoms with Gasteiger partial charge in [-0.25, -0.2) is 0 Å². The van der Waals surface area contributed by atoms with E-state index in [0.29, 0.717) is 6.54 Å². The predicted octanol–water partition coefficient (Wildman–Crippen LogP) is 3.32. The van der Waals surface area contributed by atoms with Gasteiger partial charge in [-0.2, -0.15) is 0 Å². The third kappa shape index (κ3) is 4.43. The number of benzene rings is 2. The van der Waals surface area contributed by atoms with Crippen molar-refractivity contribution in [1.82, 2.24) is 5.32 Å². The van der Waals surface area contributed by atoms with Crippen LogP contribution in [0.25, 0.3) is 6.08 Å². The van der Waals surface area contributed by atoms with E-state index in [1.165, 1.54) is 5.56 Å². The molecule has 0 spiro atoms. The molecule has 0 aromatic heterocycles. The molecule has 0 aliphatic rings. The first-order valence-corrected chi connectivity index (χ1v) is 6.30. The van der Waals surface area contributed by atoms with E-state index in [0.717, 1.165) is 11.1 Å². The molecule has 2 heteroatoms. The van der Waals surface area contributed by atoms with Crippen LogP contribution in [0.15, 0.2) is 60.7 Å². The van der Waals surface area contributed by atoms with E-state index in [1.807, 2.05) is 67.6 Å². The molecule has 0 aliphatic heterocycles. The Labute approximate surface area is 113 Å². The standard InChI is InChI=1S/C17H17NO/c1-14-7-9-16(10-8-14)13-18-17(19)12-11-15-5-3-2-4-6-15/h2-12H,13H2,1H3,(H,18,19)/b12-11+. The summed E-state index contributed by atoms with van der Waals surface area (Å²) < 4.78 is 0. The number of hydrogen-bond acceptors (Lipinski definition) is 1. The van der Waals surface area contributed by atoms with Crippen LogP contribution in [0.1, 0.15) is 16.7 Å². The molecule has 96 valence electrons. The summed E-state index contributed by atoms with van der Waals surface area (Å²) in [5.41, 5.74) is 3.35. The highest BCUT2D eigenvalue weighted by Gasteiger charge is 1.96. The van der Waals surface area contributed by atoms with Gasteiger partial charge in [0.05, 0.1) is 0 Å². The molecule has 0 aliphatic carbocycles. The fraction of sp³-hybridized carbons (Fsp3) is 0.118. The van der Waals surface area contributed by atoms with Crippen molar-refractivity contribution in [2.24, 2.45) is 0 Å². The van der Waals surface area contributed by atoms with Crippen molar-refractivity contribution in [3.05, 3.63) is 77.4 Å². The van der Waals surface area contributed by atoms with E-state index in [-0.39, 0.29) is 5.91 Å². The zero-order chi connectivity index (χ0) is 13.5. The van der Waals surface area contributed by atoms with E-state index in [4.69, 9.17) is 0 Å². The van der Waals surface area contributed by atoms with Crippen LogP contribution in [-0.4, -0.2) is 5.91 Å². The highest BCUT2D eigenvalue weighted by molar-refractivity contribution is 5.91. The smallest absolute Gasteiger partial charge is 0.244 e. The Bertz CT molecular complexity index is 556. The number of aryl methyl sites for hydroxylation is 1. The lowest BCUT2D eigenvalue weighted by Gasteiger charge is -2.02. The zero-order valence-corrected chi connectivity index (χ0v) is 11.0.